The molecular formula is C18H25FN4OS. The first-order valence-electron chi connectivity index (χ1n) is 8.80. The summed E-state index contributed by atoms with van der Waals surface area (Å²) in [7, 11) is 0. The van der Waals surface area contributed by atoms with E-state index in [0.717, 1.165) is 75.2 Å². The lowest BCUT2D eigenvalue weighted by molar-refractivity contribution is 0.0376. The number of nitrogens with one attached hydrogen (secondary N) is 3. The van der Waals surface area contributed by atoms with Crippen molar-refractivity contribution in [3.05, 3.63) is 35.8 Å². The van der Waals surface area contributed by atoms with Crippen LogP contribution in [0.2, 0.25) is 0 Å². The lowest BCUT2D eigenvalue weighted by Crippen LogP contribution is -2.40. The number of halogens is 1. The molecule has 0 bridgehead atoms. The number of benzene rings is 1. The van der Waals surface area contributed by atoms with Crippen molar-refractivity contribution in [2.24, 2.45) is 0 Å². The van der Waals surface area contributed by atoms with Gasteiger partial charge in [0.1, 0.15) is 5.82 Å². The number of fused-ring (bicyclic) bond motifs is 1. The third-order valence-electron chi connectivity index (χ3n) is 4.45. The van der Waals surface area contributed by atoms with Crippen LogP contribution < -0.4 is 10.6 Å². The zero-order chi connectivity index (χ0) is 17.5. The molecule has 1 aromatic carbocycles. The Morgan fingerprint density at radius 2 is 2.04 bits per heavy atom. The summed E-state index contributed by atoms with van der Waals surface area (Å²) in [6, 6.07) is 4.83. The molecule has 136 valence electrons. The highest BCUT2D eigenvalue weighted by Gasteiger charge is 2.09. The van der Waals surface area contributed by atoms with Crippen LogP contribution >= 0.6 is 12.2 Å². The summed E-state index contributed by atoms with van der Waals surface area (Å²) in [5, 5.41) is 8.24. The van der Waals surface area contributed by atoms with Gasteiger partial charge in [0.05, 0.1) is 13.2 Å². The second kappa shape index (κ2) is 9.12. The first-order chi connectivity index (χ1) is 12.2. The molecular weight excluding hydrogens is 339 g/mol. The van der Waals surface area contributed by atoms with Crippen LogP contribution in [0.15, 0.2) is 24.4 Å². The molecule has 2 aromatic rings. The molecule has 1 fully saturated rings. The lowest BCUT2D eigenvalue weighted by atomic mass is 10.1. The minimum absolute atomic E-state index is 0.221. The normalized spacial score (nSPS) is 15.4. The molecule has 25 heavy (non-hydrogen) atoms. The topological polar surface area (TPSA) is 52.3 Å². The van der Waals surface area contributed by atoms with Gasteiger partial charge in [0.2, 0.25) is 0 Å². The number of rotatable bonds is 7. The maximum absolute atomic E-state index is 13.2. The molecule has 3 rings (SSSR count). The highest BCUT2D eigenvalue weighted by atomic mass is 32.1. The Bertz CT molecular complexity index is 699. The van der Waals surface area contributed by atoms with E-state index >= 15 is 0 Å². The maximum atomic E-state index is 13.2. The third kappa shape index (κ3) is 5.39. The van der Waals surface area contributed by atoms with E-state index in [4.69, 9.17) is 17.0 Å². The average molecular weight is 364 g/mol. The largest absolute Gasteiger partial charge is 0.379 e. The van der Waals surface area contributed by atoms with Crippen molar-refractivity contribution in [1.29, 1.82) is 0 Å². The van der Waals surface area contributed by atoms with E-state index in [0.29, 0.717) is 5.11 Å². The number of aromatic nitrogens is 1. The molecule has 0 spiro atoms. The van der Waals surface area contributed by atoms with Crippen LogP contribution in [0.3, 0.4) is 0 Å². The molecule has 0 amide bonds. The number of nitrogens with zero attached hydrogens (tertiary/aromatic N) is 1. The summed E-state index contributed by atoms with van der Waals surface area (Å²) in [5.74, 6) is -0.221. The van der Waals surface area contributed by atoms with Gasteiger partial charge < -0.3 is 20.4 Å². The fourth-order valence-corrected chi connectivity index (χ4v) is 3.27. The Hall–Kier alpha value is -1.70. The zero-order valence-electron chi connectivity index (χ0n) is 14.3. The maximum Gasteiger partial charge on any atom is 0.166 e. The molecule has 5 nitrogen and oxygen atoms in total. The predicted molar refractivity (Wildman–Crippen MR) is 102 cm³/mol. The van der Waals surface area contributed by atoms with Crippen LogP contribution in [0.1, 0.15) is 12.0 Å². The summed E-state index contributed by atoms with van der Waals surface area (Å²) in [6.45, 7) is 6.43. The van der Waals surface area contributed by atoms with Crippen LogP contribution in [0.4, 0.5) is 4.39 Å². The summed E-state index contributed by atoms with van der Waals surface area (Å²) < 4.78 is 18.5. The first-order valence-corrected chi connectivity index (χ1v) is 9.20. The molecule has 0 unspecified atom stereocenters. The lowest BCUT2D eigenvalue weighted by Gasteiger charge is -2.26. The molecule has 7 heteroatoms. The fraction of sp³-hybridized carbons (Fsp3) is 0.500. The van der Waals surface area contributed by atoms with Gasteiger partial charge in [-0.05, 0) is 55.4 Å². The van der Waals surface area contributed by atoms with Crippen molar-refractivity contribution >= 4 is 28.2 Å². The van der Waals surface area contributed by atoms with Crippen molar-refractivity contribution < 1.29 is 9.13 Å². The Balaban J connectivity index is 1.32. The molecule has 3 N–H and O–H groups in total. The highest BCUT2D eigenvalue weighted by molar-refractivity contribution is 7.80. The monoisotopic (exact) mass is 364 g/mol. The van der Waals surface area contributed by atoms with E-state index < -0.39 is 0 Å². The molecule has 2 heterocycles. The summed E-state index contributed by atoms with van der Waals surface area (Å²) in [6.07, 6.45) is 3.83. The van der Waals surface area contributed by atoms with E-state index in [1.807, 2.05) is 12.3 Å². The quantitative estimate of drug-likeness (QED) is 0.519. The summed E-state index contributed by atoms with van der Waals surface area (Å²) in [4.78, 5) is 5.53. The van der Waals surface area contributed by atoms with Gasteiger partial charge in [0.25, 0.3) is 0 Å². The van der Waals surface area contributed by atoms with E-state index in [-0.39, 0.29) is 5.82 Å². The molecule has 1 aliphatic rings. The molecule has 0 aliphatic carbocycles. The number of thiocarbonyl (C=S) groups is 1. The van der Waals surface area contributed by atoms with Gasteiger partial charge in [-0.15, -0.1) is 0 Å². The Kier molecular flexibility index (Phi) is 6.61. The zero-order valence-corrected chi connectivity index (χ0v) is 15.1. The molecule has 0 atom stereocenters. The standard InChI is InChI=1S/C18H25FN4OS/c19-15-2-3-16-14(13-22-17(16)12-15)4-6-21-18(25)20-5-1-7-23-8-10-24-11-9-23/h2-3,12-13,22H,1,4-11H2,(H2,20,21,25). The molecule has 1 aliphatic heterocycles. The molecule has 1 aromatic heterocycles. The van der Waals surface area contributed by atoms with Crippen molar-refractivity contribution in [2.45, 2.75) is 12.8 Å². The van der Waals surface area contributed by atoms with Gasteiger partial charge in [0, 0.05) is 43.3 Å². The van der Waals surface area contributed by atoms with Gasteiger partial charge in [-0.25, -0.2) is 4.39 Å². The summed E-state index contributed by atoms with van der Waals surface area (Å²) in [5.41, 5.74) is 2.00. The van der Waals surface area contributed by atoms with Crippen LogP contribution in [0, 0.1) is 5.82 Å². The van der Waals surface area contributed by atoms with Gasteiger partial charge in [-0.2, -0.15) is 0 Å². The Morgan fingerprint density at radius 1 is 1.24 bits per heavy atom. The van der Waals surface area contributed by atoms with Crippen LogP contribution in [0.25, 0.3) is 10.9 Å². The molecule has 0 saturated carbocycles. The Morgan fingerprint density at radius 3 is 2.88 bits per heavy atom. The van der Waals surface area contributed by atoms with Crippen molar-refractivity contribution in [3.63, 3.8) is 0 Å². The predicted octanol–water partition coefficient (Wildman–Crippen LogP) is 2.04. The van der Waals surface area contributed by atoms with Crippen LogP contribution in [-0.2, 0) is 11.2 Å². The van der Waals surface area contributed by atoms with Gasteiger partial charge in [-0.1, -0.05) is 0 Å². The van der Waals surface area contributed by atoms with E-state index in [1.165, 1.54) is 12.1 Å². The average Bonchev–Trinajstić information content (AvgIpc) is 3.02. The molecule has 1 saturated heterocycles. The SMILES string of the molecule is Fc1ccc2c(CCNC(=S)NCCCN3CCOCC3)c[nH]c2c1. The van der Waals surface area contributed by atoms with Gasteiger partial charge in [0.15, 0.2) is 5.11 Å². The van der Waals surface area contributed by atoms with E-state index in [1.54, 1.807) is 0 Å². The van der Waals surface area contributed by atoms with Crippen LogP contribution in [0.5, 0.6) is 0 Å². The van der Waals surface area contributed by atoms with Crippen molar-refractivity contribution in [2.75, 3.05) is 45.9 Å². The van der Waals surface area contributed by atoms with Gasteiger partial charge >= 0.3 is 0 Å². The second-order valence-corrected chi connectivity index (χ2v) is 6.65. The number of hydrogen-bond donors (Lipinski definition) is 3. The third-order valence-corrected chi connectivity index (χ3v) is 4.74. The number of ether oxygens (including phenoxy) is 1. The number of hydrogen-bond acceptors (Lipinski definition) is 3. The van der Waals surface area contributed by atoms with Crippen molar-refractivity contribution in [1.82, 2.24) is 20.5 Å². The van der Waals surface area contributed by atoms with E-state index in [2.05, 4.69) is 20.5 Å². The number of H-pyrrole nitrogens is 1. The van der Waals surface area contributed by atoms with Gasteiger partial charge in [-0.3, -0.25) is 4.90 Å². The van der Waals surface area contributed by atoms with Crippen LogP contribution in [-0.4, -0.2) is 60.9 Å². The smallest absolute Gasteiger partial charge is 0.166 e. The fourth-order valence-electron chi connectivity index (χ4n) is 3.07. The Labute approximate surface area is 152 Å². The first kappa shape index (κ1) is 18.1. The minimum atomic E-state index is -0.221. The summed E-state index contributed by atoms with van der Waals surface area (Å²) >= 11 is 5.32. The highest BCUT2D eigenvalue weighted by Crippen LogP contribution is 2.19. The minimum Gasteiger partial charge on any atom is -0.379 e. The number of aromatic amines is 1. The van der Waals surface area contributed by atoms with Crippen molar-refractivity contribution in [3.8, 4) is 0 Å². The number of morpholine rings is 1. The second-order valence-electron chi connectivity index (χ2n) is 6.24. The molecule has 0 radical (unpaired) electrons. The van der Waals surface area contributed by atoms with E-state index in [9.17, 15) is 4.39 Å².